The Kier molecular flexibility index (Phi) is 3.05. The van der Waals surface area contributed by atoms with E-state index in [1.807, 2.05) is 17.1 Å². The van der Waals surface area contributed by atoms with Gasteiger partial charge in [0.1, 0.15) is 5.82 Å². The second-order valence-corrected chi connectivity index (χ2v) is 5.81. The molecule has 0 amide bonds. The monoisotopic (exact) mass is 300 g/mol. The topological polar surface area (TPSA) is 41.9 Å². The van der Waals surface area contributed by atoms with Gasteiger partial charge in [-0.3, -0.25) is 0 Å². The maximum Gasteiger partial charge on any atom is 0.168 e. The van der Waals surface area contributed by atoms with Crippen LogP contribution in [0.15, 0.2) is 24.3 Å². The second kappa shape index (κ2) is 4.57. The molecule has 0 aliphatic carbocycles. The zero-order chi connectivity index (χ0) is 12.7. The summed E-state index contributed by atoms with van der Waals surface area (Å²) in [4.78, 5) is 0. The first kappa shape index (κ1) is 12.0. The number of rotatable bonds is 2. The molecule has 7 heteroatoms. The molecule has 3 rings (SSSR count). The van der Waals surface area contributed by atoms with Gasteiger partial charge in [-0.15, -0.1) is 0 Å². The maximum absolute atomic E-state index is 6.10. The highest BCUT2D eigenvalue weighted by molar-refractivity contribution is 7.98. The summed E-state index contributed by atoms with van der Waals surface area (Å²) in [7, 11) is 0. The first-order valence-corrected chi connectivity index (χ1v) is 6.93. The van der Waals surface area contributed by atoms with Crippen LogP contribution in [0, 0.1) is 6.92 Å². The minimum absolute atomic E-state index is 0.0101. The largest absolute Gasteiger partial charge is 0.354 e. The van der Waals surface area contributed by atoms with Gasteiger partial charge < -0.3 is 10.6 Å². The molecular weight excluding hydrogens is 291 g/mol. The summed E-state index contributed by atoms with van der Waals surface area (Å²) in [6, 6.07) is 7.33. The number of nitrogens with zero attached hydrogens (tertiary/aromatic N) is 2. The van der Waals surface area contributed by atoms with Crippen LogP contribution in [0.2, 0.25) is 10.0 Å². The molecule has 1 aromatic heterocycles. The smallest absolute Gasteiger partial charge is 0.168 e. The number of nitrogens with one attached hydrogen (secondary N) is 2. The molecule has 1 aliphatic rings. The molecule has 1 atom stereocenters. The van der Waals surface area contributed by atoms with E-state index in [1.54, 1.807) is 30.1 Å². The Bertz CT molecular complexity index is 575. The van der Waals surface area contributed by atoms with E-state index in [0.29, 0.717) is 10.0 Å². The van der Waals surface area contributed by atoms with Crippen molar-refractivity contribution in [1.29, 1.82) is 0 Å². The van der Waals surface area contributed by atoms with E-state index in [9.17, 15) is 0 Å². The Balaban J connectivity index is 1.76. The molecule has 0 saturated heterocycles. The van der Waals surface area contributed by atoms with Gasteiger partial charge in [-0.2, -0.15) is 9.19 Å². The second-order valence-electron chi connectivity index (χ2n) is 3.94. The minimum Gasteiger partial charge on any atom is -0.354 e. The fourth-order valence-electron chi connectivity index (χ4n) is 1.73. The van der Waals surface area contributed by atoms with Crippen LogP contribution in [0.4, 0.5) is 11.5 Å². The highest BCUT2D eigenvalue weighted by Crippen LogP contribution is 2.33. The van der Waals surface area contributed by atoms with Crippen LogP contribution in [-0.4, -0.2) is 14.7 Å². The quantitative estimate of drug-likeness (QED) is 0.885. The molecule has 18 heavy (non-hydrogen) atoms. The predicted molar refractivity (Wildman–Crippen MR) is 77.4 cm³/mol. The van der Waals surface area contributed by atoms with Crippen LogP contribution in [-0.2, 0) is 0 Å². The lowest BCUT2D eigenvalue weighted by atomic mass is 10.3. The average Bonchev–Trinajstić information content (AvgIpc) is 2.80. The minimum atomic E-state index is -0.0101. The Morgan fingerprint density at radius 3 is 3.00 bits per heavy atom. The van der Waals surface area contributed by atoms with Crippen LogP contribution >= 0.6 is 35.1 Å². The van der Waals surface area contributed by atoms with Crippen molar-refractivity contribution in [2.24, 2.45) is 0 Å². The highest BCUT2D eigenvalue weighted by Gasteiger charge is 2.23. The molecule has 0 spiro atoms. The molecule has 0 bridgehead atoms. The fourth-order valence-corrected chi connectivity index (χ4v) is 3.02. The van der Waals surface area contributed by atoms with Gasteiger partial charge in [0, 0.05) is 23.0 Å². The van der Waals surface area contributed by atoms with Crippen LogP contribution in [0.5, 0.6) is 0 Å². The summed E-state index contributed by atoms with van der Waals surface area (Å²) in [5.41, 5.74) is 1.78. The van der Waals surface area contributed by atoms with Crippen LogP contribution in [0.1, 0.15) is 5.69 Å². The predicted octanol–water partition coefficient (Wildman–Crippen LogP) is 3.82. The molecular formula is C11H10Cl2N4S. The van der Waals surface area contributed by atoms with E-state index >= 15 is 0 Å². The number of aryl methyl sites for hydroxylation is 1. The van der Waals surface area contributed by atoms with Crippen molar-refractivity contribution in [3.63, 3.8) is 0 Å². The maximum atomic E-state index is 6.10. The average molecular weight is 301 g/mol. The summed E-state index contributed by atoms with van der Waals surface area (Å²) < 4.78 is 1.85. The summed E-state index contributed by atoms with van der Waals surface area (Å²) in [5, 5.41) is 12.2. The molecule has 0 radical (unpaired) electrons. The molecule has 2 N–H and O–H groups in total. The standard InChI is InChI=1S/C11H10Cl2N4S/c1-6-4-10-15-11(18-17(10)16-6)14-9-5-7(12)2-3-8(9)13/h2-5,11,14-15H,1H3/t11-/m1/s1. The zero-order valence-electron chi connectivity index (χ0n) is 9.45. The van der Waals surface area contributed by atoms with Crippen LogP contribution < -0.4 is 10.6 Å². The number of aromatic nitrogens is 2. The van der Waals surface area contributed by atoms with Crippen molar-refractivity contribution < 1.29 is 0 Å². The van der Waals surface area contributed by atoms with Gasteiger partial charge in [-0.1, -0.05) is 23.2 Å². The van der Waals surface area contributed by atoms with E-state index in [2.05, 4.69) is 15.7 Å². The molecule has 94 valence electrons. The molecule has 4 nitrogen and oxygen atoms in total. The van der Waals surface area contributed by atoms with Gasteiger partial charge in [0.2, 0.25) is 0 Å². The summed E-state index contributed by atoms with van der Waals surface area (Å²) in [5.74, 6) is 0.980. The number of anilines is 2. The molecule has 0 fully saturated rings. The van der Waals surface area contributed by atoms with E-state index in [0.717, 1.165) is 17.2 Å². The van der Waals surface area contributed by atoms with Crippen molar-refractivity contribution in [1.82, 2.24) is 9.19 Å². The highest BCUT2D eigenvalue weighted by atomic mass is 35.5. The van der Waals surface area contributed by atoms with Gasteiger partial charge in [-0.25, -0.2) is 0 Å². The molecule has 2 aromatic rings. The van der Waals surface area contributed by atoms with E-state index in [1.165, 1.54) is 0 Å². The third kappa shape index (κ3) is 2.25. The Labute approximate surface area is 119 Å². The van der Waals surface area contributed by atoms with E-state index in [-0.39, 0.29) is 5.50 Å². The third-order valence-electron chi connectivity index (χ3n) is 2.50. The third-order valence-corrected chi connectivity index (χ3v) is 3.99. The van der Waals surface area contributed by atoms with Crippen molar-refractivity contribution in [3.8, 4) is 0 Å². The van der Waals surface area contributed by atoms with Gasteiger partial charge in [0.05, 0.1) is 16.4 Å². The number of benzene rings is 1. The van der Waals surface area contributed by atoms with Crippen LogP contribution in [0.25, 0.3) is 0 Å². The van der Waals surface area contributed by atoms with Gasteiger partial charge in [0.25, 0.3) is 0 Å². The summed E-state index contributed by atoms with van der Waals surface area (Å²) in [6.07, 6.45) is 0. The van der Waals surface area contributed by atoms with Crippen molar-refractivity contribution in [2.45, 2.75) is 12.4 Å². The Morgan fingerprint density at radius 2 is 2.22 bits per heavy atom. The van der Waals surface area contributed by atoms with Crippen molar-refractivity contribution in [2.75, 3.05) is 10.6 Å². The van der Waals surface area contributed by atoms with E-state index in [4.69, 9.17) is 23.2 Å². The number of halogens is 2. The fraction of sp³-hybridized carbons (Fsp3) is 0.182. The van der Waals surface area contributed by atoms with Gasteiger partial charge in [0.15, 0.2) is 5.50 Å². The normalized spacial score (nSPS) is 17.4. The number of fused-ring (bicyclic) bond motifs is 1. The lowest BCUT2D eigenvalue weighted by Crippen LogP contribution is -2.21. The van der Waals surface area contributed by atoms with Gasteiger partial charge >= 0.3 is 0 Å². The van der Waals surface area contributed by atoms with Crippen molar-refractivity contribution >= 4 is 46.7 Å². The molecule has 0 unspecified atom stereocenters. The lowest BCUT2D eigenvalue weighted by Gasteiger charge is -2.14. The summed E-state index contributed by atoms with van der Waals surface area (Å²) in [6.45, 7) is 1.96. The number of hydrogen-bond acceptors (Lipinski definition) is 4. The Hall–Kier alpha value is -1.04. The first-order chi connectivity index (χ1) is 8.61. The summed E-state index contributed by atoms with van der Waals surface area (Å²) >= 11 is 13.6. The molecule has 2 heterocycles. The van der Waals surface area contributed by atoms with Crippen molar-refractivity contribution in [3.05, 3.63) is 40.0 Å². The van der Waals surface area contributed by atoms with E-state index < -0.39 is 0 Å². The van der Waals surface area contributed by atoms with Crippen LogP contribution in [0.3, 0.4) is 0 Å². The zero-order valence-corrected chi connectivity index (χ0v) is 11.8. The van der Waals surface area contributed by atoms with Gasteiger partial charge in [-0.05, 0) is 25.1 Å². The molecule has 1 aromatic carbocycles. The first-order valence-electron chi connectivity index (χ1n) is 5.34. The lowest BCUT2D eigenvalue weighted by molar-refractivity contribution is 0.996. The molecule has 1 aliphatic heterocycles. The SMILES string of the molecule is Cc1cc2n(n1)S[C@H](Nc1cc(Cl)ccc1Cl)N2. The number of hydrogen-bond donors (Lipinski definition) is 2. The molecule has 0 saturated carbocycles. The Morgan fingerprint density at radius 1 is 1.39 bits per heavy atom.